The molecule has 0 amide bonds. The van der Waals surface area contributed by atoms with Gasteiger partial charge in [0.05, 0.1) is 0 Å². The fourth-order valence-electron chi connectivity index (χ4n) is 5.72. The van der Waals surface area contributed by atoms with Crippen molar-refractivity contribution < 1.29 is 17.0 Å². The summed E-state index contributed by atoms with van der Waals surface area (Å²) in [7, 11) is 8.56. The van der Waals surface area contributed by atoms with E-state index in [9.17, 15) is 0 Å². The Morgan fingerprint density at radius 2 is 1.74 bits per heavy atom. The number of halogens is 1. The Balaban J connectivity index is 0.00000241. The molecule has 0 fully saturated rings. The molecular weight excluding hydrogens is 549 g/mol. The summed E-state index contributed by atoms with van der Waals surface area (Å²) in [6, 6.07) is 18.8. The van der Waals surface area contributed by atoms with Crippen molar-refractivity contribution in [2.75, 3.05) is 51.1 Å². The van der Waals surface area contributed by atoms with E-state index in [0.717, 1.165) is 0 Å². The zero-order chi connectivity index (χ0) is 22.7. The summed E-state index contributed by atoms with van der Waals surface area (Å²) in [5.74, 6) is 0. The minimum absolute atomic E-state index is 0. The molecule has 0 radical (unpaired) electrons. The molecule has 2 aromatic rings. The maximum absolute atomic E-state index is 2.69. The molecule has 176 valence electrons. The maximum atomic E-state index is 2.69. The first kappa shape index (κ1) is 23.7. The van der Waals surface area contributed by atoms with Crippen LogP contribution in [0.1, 0.15) is 24.0 Å². The van der Waals surface area contributed by atoms with E-state index in [4.69, 9.17) is 0 Å². The van der Waals surface area contributed by atoms with E-state index < -0.39 is 0 Å². The molecule has 0 N–H and O–H groups in total. The normalized spacial score (nSPS) is 14.6. The van der Waals surface area contributed by atoms with Gasteiger partial charge in [0, 0.05) is 0 Å². The first-order valence-corrected chi connectivity index (χ1v) is 13.8. The number of rotatable bonds is 2. The summed E-state index contributed by atoms with van der Waals surface area (Å²) in [4.78, 5) is 4.90. The fourth-order valence-corrected chi connectivity index (χ4v) is 8.39. The largest absolute Gasteiger partial charge is 1.00 e. The minimum Gasteiger partial charge on any atom is -1.00 e. The number of hydrogen-bond donors (Lipinski definition) is 0. The smallest absolute Gasteiger partial charge is 1.00 e. The van der Waals surface area contributed by atoms with Crippen LogP contribution in [0.5, 0.6) is 0 Å². The predicted molar refractivity (Wildman–Crippen MR) is 143 cm³/mol. The van der Waals surface area contributed by atoms with Crippen molar-refractivity contribution in [2.45, 2.75) is 25.7 Å². The van der Waals surface area contributed by atoms with Crippen molar-refractivity contribution in [1.29, 1.82) is 0 Å². The standard InChI is InChI=1S/C29H32N3Se.BrH/c1-30(2)21-10-5-8-19(16-21)27-23-13-12-22(31(3)4)18-26(23)33-29-24-11-7-15-32-14-6-9-20(28(24)32)17-25(27)29;/h5,8,10,12-13,16-18H,6-7,9,11,14-15H2,1-4H3;1H/q+1;/p-1. The monoisotopic (exact) mass is 581 g/mol. The van der Waals surface area contributed by atoms with Crippen LogP contribution in [0.25, 0.3) is 30.8 Å². The zero-order valence-electron chi connectivity index (χ0n) is 20.5. The van der Waals surface area contributed by atoms with Crippen molar-refractivity contribution in [3.8, 4) is 21.1 Å². The number of hydrogen-bond acceptors (Lipinski definition) is 2. The molecule has 0 atom stereocenters. The van der Waals surface area contributed by atoms with Gasteiger partial charge in [-0.1, -0.05) is 0 Å². The van der Waals surface area contributed by atoms with Gasteiger partial charge in [-0.3, -0.25) is 0 Å². The minimum atomic E-state index is 0. The molecule has 3 nitrogen and oxygen atoms in total. The van der Waals surface area contributed by atoms with Gasteiger partial charge in [0.2, 0.25) is 0 Å². The van der Waals surface area contributed by atoms with Gasteiger partial charge >= 0.3 is 203 Å². The fraction of sp³-hybridized carbons (Fsp3) is 0.345. The molecule has 0 saturated carbocycles. The van der Waals surface area contributed by atoms with Crippen LogP contribution in [0.4, 0.5) is 11.4 Å². The van der Waals surface area contributed by atoms with Crippen LogP contribution in [-0.4, -0.2) is 55.8 Å². The summed E-state index contributed by atoms with van der Waals surface area (Å²) in [5, 5.41) is 2.81. The molecule has 0 saturated heterocycles. The summed E-state index contributed by atoms with van der Waals surface area (Å²) in [5.41, 5.74) is 10.3. The summed E-state index contributed by atoms with van der Waals surface area (Å²) < 4.78 is 5.40. The van der Waals surface area contributed by atoms with E-state index in [0.29, 0.717) is 14.5 Å². The number of aryl methyl sites for hydroxylation is 2. The SMILES string of the molecule is CN(C)c1cccc(-c2c3ccc(=[N+](C)C)cc-3[se]c3c4c5c(cc23)CCCN5CCC4)c1.[Br-]. The van der Waals surface area contributed by atoms with Gasteiger partial charge in [0.15, 0.2) is 0 Å². The van der Waals surface area contributed by atoms with Gasteiger partial charge in [0.25, 0.3) is 0 Å². The molecule has 34 heavy (non-hydrogen) atoms. The van der Waals surface area contributed by atoms with Gasteiger partial charge in [-0.25, -0.2) is 0 Å². The Morgan fingerprint density at radius 3 is 2.50 bits per heavy atom. The Labute approximate surface area is 219 Å². The molecule has 0 bridgehead atoms. The van der Waals surface area contributed by atoms with Crippen molar-refractivity contribution in [2.24, 2.45) is 0 Å². The molecular formula is C29H32BrN3Se. The van der Waals surface area contributed by atoms with Crippen LogP contribution >= 0.6 is 0 Å². The van der Waals surface area contributed by atoms with Crippen LogP contribution < -0.4 is 36.7 Å². The Bertz CT molecular complexity index is 1430. The Kier molecular flexibility index (Phi) is 6.39. The van der Waals surface area contributed by atoms with Crippen LogP contribution in [0.15, 0.2) is 48.5 Å². The van der Waals surface area contributed by atoms with Gasteiger partial charge < -0.3 is 17.0 Å². The van der Waals surface area contributed by atoms with E-state index in [2.05, 4.69) is 91.1 Å². The third-order valence-corrected chi connectivity index (χ3v) is 9.93. The molecule has 2 aromatic carbocycles. The quantitative estimate of drug-likeness (QED) is 0.202. The van der Waals surface area contributed by atoms with Crippen molar-refractivity contribution in [3.63, 3.8) is 0 Å². The molecule has 3 heterocycles. The average molecular weight is 581 g/mol. The van der Waals surface area contributed by atoms with Gasteiger partial charge in [-0.05, 0) is 0 Å². The van der Waals surface area contributed by atoms with Crippen LogP contribution in [-0.2, 0) is 12.8 Å². The molecule has 6 rings (SSSR count). The van der Waals surface area contributed by atoms with Crippen LogP contribution in [0.3, 0.4) is 0 Å². The maximum Gasteiger partial charge on any atom is -1.00 e. The van der Waals surface area contributed by atoms with Crippen LogP contribution in [0, 0.1) is 0 Å². The Hall–Kier alpha value is -2.07. The summed E-state index contributed by atoms with van der Waals surface area (Å²) in [6.45, 7) is 2.46. The second-order valence-electron chi connectivity index (χ2n) is 9.93. The molecule has 0 aromatic heterocycles. The van der Waals surface area contributed by atoms with Gasteiger partial charge in [-0.15, -0.1) is 0 Å². The summed E-state index contributed by atoms with van der Waals surface area (Å²) >= 11 is 0.324. The molecule has 5 heteroatoms. The zero-order valence-corrected chi connectivity index (χ0v) is 23.8. The number of benzene rings is 3. The molecule has 0 spiro atoms. The second kappa shape index (κ2) is 9.18. The summed E-state index contributed by atoms with van der Waals surface area (Å²) in [6.07, 6.45) is 5.02. The number of fused-ring (bicyclic) bond motifs is 3. The van der Waals surface area contributed by atoms with E-state index in [1.54, 1.807) is 21.1 Å². The van der Waals surface area contributed by atoms with E-state index in [1.165, 1.54) is 76.3 Å². The third kappa shape index (κ3) is 3.82. The molecule has 3 aliphatic heterocycles. The van der Waals surface area contributed by atoms with Crippen molar-refractivity contribution in [3.05, 3.63) is 65.0 Å². The topological polar surface area (TPSA) is 9.49 Å². The van der Waals surface area contributed by atoms with E-state index >= 15 is 0 Å². The number of nitrogens with zero attached hydrogens (tertiary/aromatic N) is 3. The first-order valence-electron chi connectivity index (χ1n) is 12.1. The van der Waals surface area contributed by atoms with Gasteiger partial charge in [-0.2, -0.15) is 0 Å². The average Bonchev–Trinajstić information content (AvgIpc) is 2.83. The van der Waals surface area contributed by atoms with Gasteiger partial charge in [0.1, 0.15) is 0 Å². The van der Waals surface area contributed by atoms with Crippen molar-refractivity contribution in [1.82, 2.24) is 4.58 Å². The van der Waals surface area contributed by atoms with E-state index in [1.807, 2.05) is 0 Å². The Morgan fingerprint density at radius 1 is 0.941 bits per heavy atom. The second-order valence-corrected chi connectivity index (χ2v) is 12.1. The van der Waals surface area contributed by atoms with Crippen molar-refractivity contribution >= 4 is 35.5 Å². The number of anilines is 2. The van der Waals surface area contributed by atoms with Crippen LogP contribution in [0.2, 0.25) is 0 Å². The van der Waals surface area contributed by atoms with E-state index in [-0.39, 0.29) is 17.0 Å². The first-order chi connectivity index (χ1) is 16.0. The molecule has 1 aliphatic carbocycles. The molecule has 0 unspecified atom stereocenters. The molecule has 4 aliphatic rings. The predicted octanol–water partition coefficient (Wildman–Crippen LogP) is 1.47. The third-order valence-electron chi connectivity index (χ3n) is 7.36.